The summed E-state index contributed by atoms with van der Waals surface area (Å²) in [5.74, 6) is -1.40. The second-order valence-corrected chi connectivity index (χ2v) is 6.06. The van der Waals surface area contributed by atoms with Crippen molar-refractivity contribution in [3.8, 4) is 0 Å². The summed E-state index contributed by atoms with van der Waals surface area (Å²) in [5, 5.41) is 13.7. The molecule has 0 aromatic carbocycles. The standard InChI is InChI=1S/C10H21N3O5S/c1-8(9(14)15)4-7-12-10(16)11-5-3-6-13-19(2,17)18/h8,13H,3-7H2,1-2H3,(H,14,15)(H2,11,12,16). The van der Waals surface area contributed by atoms with Gasteiger partial charge in [0, 0.05) is 19.6 Å². The Morgan fingerprint density at radius 3 is 2.26 bits per heavy atom. The molecule has 0 bridgehead atoms. The quantitative estimate of drug-likeness (QED) is 0.420. The number of urea groups is 1. The molecule has 9 heteroatoms. The third-order valence-electron chi connectivity index (χ3n) is 2.29. The maximum Gasteiger partial charge on any atom is 0.314 e. The second kappa shape index (κ2) is 8.70. The molecule has 4 N–H and O–H groups in total. The molecule has 0 aromatic rings. The van der Waals surface area contributed by atoms with Gasteiger partial charge in [-0.15, -0.1) is 0 Å². The molecular formula is C10H21N3O5S. The number of carbonyl (C=O) groups excluding carboxylic acids is 1. The minimum Gasteiger partial charge on any atom is -0.481 e. The SMILES string of the molecule is CC(CCNC(=O)NCCCNS(C)(=O)=O)C(=O)O. The number of hydrogen-bond donors (Lipinski definition) is 4. The zero-order valence-corrected chi connectivity index (χ0v) is 11.9. The van der Waals surface area contributed by atoms with Crippen LogP contribution in [0.25, 0.3) is 0 Å². The Morgan fingerprint density at radius 1 is 1.16 bits per heavy atom. The molecule has 0 heterocycles. The van der Waals surface area contributed by atoms with Crippen molar-refractivity contribution in [3.05, 3.63) is 0 Å². The van der Waals surface area contributed by atoms with Gasteiger partial charge in [-0.05, 0) is 12.8 Å². The van der Waals surface area contributed by atoms with Gasteiger partial charge in [-0.25, -0.2) is 17.9 Å². The van der Waals surface area contributed by atoms with Gasteiger partial charge in [0.2, 0.25) is 10.0 Å². The number of nitrogens with one attached hydrogen (secondary N) is 3. The smallest absolute Gasteiger partial charge is 0.314 e. The van der Waals surface area contributed by atoms with Crippen LogP contribution in [0.1, 0.15) is 19.8 Å². The lowest BCUT2D eigenvalue weighted by Gasteiger charge is -2.09. The van der Waals surface area contributed by atoms with Crippen molar-refractivity contribution >= 4 is 22.0 Å². The Hall–Kier alpha value is -1.35. The van der Waals surface area contributed by atoms with E-state index in [1.54, 1.807) is 6.92 Å². The van der Waals surface area contributed by atoms with Gasteiger partial charge in [0.25, 0.3) is 0 Å². The van der Waals surface area contributed by atoms with Crippen molar-refractivity contribution in [2.75, 3.05) is 25.9 Å². The summed E-state index contributed by atoms with van der Waals surface area (Å²) in [6.07, 6.45) is 1.90. The van der Waals surface area contributed by atoms with Crippen LogP contribution in [0.5, 0.6) is 0 Å². The fourth-order valence-corrected chi connectivity index (χ4v) is 1.65. The lowest BCUT2D eigenvalue weighted by Crippen LogP contribution is -2.38. The highest BCUT2D eigenvalue weighted by Gasteiger charge is 2.10. The van der Waals surface area contributed by atoms with Gasteiger partial charge < -0.3 is 15.7 Å². The molecule has 0 fully saturated rings. The summed E-state index contributed by atoms with van der Waals surface area (Å²) in [6.45, 7) is 2.44. The first-order valence-electron chi connectivity index (χ1n) is 5.91. The van der Waals surface area contributed by atoms with Gasteiger partial charge in [-0.1, -0.05) is 6.92 Å². The molecule has 0 aliphatic heterocycles. The topological polar surface area (TPSA) is 125 Å². The third kappa shape index (κ3) is 11.5. The summed E-state index contributed by atoms with van der Waals surface area (Å²) in [4.78, 5) is 21.8. The molecule has 0 aromatic heterocycles. The van der Waals surface area contributed by atoms with Crippen LogP contribution in [-0.2, 0) is 14.8 Å². The predicted octanol–water partition coefficient (Wildman–Crippen LogP) is -0.664. The molecule has 1 unspecified atom stereocenters. The second-order valence-electron chi connectivity index (χ2n) is 4.23. The largest absolute Gasteiger partial charge is 0.481 e. The minimum absolute atomic E-state index is 0.259. The van der Waals surface area contributed by atoms with Crippen molar-refractivity contribution in [2.45, 2.75) is 19.8 Å². The Bertz CT molecular complexity index is 396. The van der Waals surface area contributed by atoms with E-state index in [-0.39, 0.29) is 13.1 Å². The molecule has 0 spiro atoms. The van der Waals surface area contributed by atoms with E-state index < -0.39 is 27.9 Å². The van der Waals surface area contributed by atoms with Gasteiger partial charge in [0.15, 0.2) is 0 Å². The summed E-state index contributed by atoms with van der Waals surface area (Å²) < 4.78 is 23.8. The van der Waals surface area contributed by atoms with E-state index in [4.69, 9.17) is 5.11 Å². The average Bonchev–Trinajstić information content (AvgIpc) is 2.26. The monoisotopic (exact) mass is 295 g/mol. The summed E-state index contributed by atoms with van der Waals surface area (Å²) in [7, 11) is -3.19. The maximum absolute atomic E-state index is 11.2. The third-order valence-corrected chi connectivity index (χ3v) is 3.02. The number of rotatable bonds is 9. The Balaban J connectivity index is 3.53. The first kappa shape index (κ1) is 17.6. The van der Waals surface area contributed by atoms with E-state index in [0.717, 1.165) is 6.26 Å². The van der Waals surface area contributed by atoms with Crippen molar-refractivity contribution in [1.29, 1.82) is 0 Å². The first-order valence-corrected chi connectivity index (χ1v) is 7.80. The highest BCUT2D eigenvalue weighted by atomic mass is 32.2. The van der Waals surface area contributed by atoms with Crippen LogP contribution in [-0.4, -0.2) is 51.4 Å². The van der Waals surface area contributed by atoms with Gasteiger partial charge in [0.05, 0.1) is 12.2 Å². The molecule has 112 valence electrons. The number of carboxylic acid groups (broad SMARTS) is 1. The molecule has 0 radical (unpaired) electrons. The fraction of sp³-hybridized carbons (Fsp3) is 0.800. The zero-order valence-electron chi connectivity index (χ0n) is 11.1. The minimum atomic E-state index is -3.19. The molecule has 0 aliphatic carbocycles. The molecule has 1 atom stereocenters. The van der Waals surface area contributed by atoms with Crippen LogP contribution in [0.2, 0.25) is 0 Å². The fourth-order valence-electron chi connectivity index (χ4n) is 1.14. The molecule has 8 nitrogen and oxygen atoms in total. The zero-order chi connectivity index (χ0) is 14.9. The number of amides is 2. The molecule has 19 heavy (non-hydrogen) atoms. The van der Waals surface area contributed by atoms with Gasteiger partial charge >= 0.3 is 12.0 Å². The Kier molecular flexibility index (Phi) is 8.08. The van der Waals surface area contributed by atoms with Crippen LogP contribution in [0.15, 0.2) is 0 Å². The van der Waals surface area contributed by atoms with Crippen LogP contribution < -0.4 is 15.4 Å². The van der Waals surface area contributed by atoms with Crippen molar-refractivity contribution in [3.63, 3.8) is 0 Å². The van der Waals surface area contributed by atoms with E-state index in [9.17, 15) is 18.0 Å². The van der Waals surface area contributed by atoms with Gasteiger partial charge in [0.1, 0.15) is 0 Å². The molecule has 0 aliphatic rings. The summed E-state index contributed by atoms with van der Waals surface area (Å²) >= 11 is 0. The number of carboxylic acids is 1. The normalized spacial score (nSPS) is 12.7. The first-order chi connectivity index (χ1) is 8.72. The molecule has 0 rings (SSSR count). The van der Waals surface area contributed by atoms with E-state index in [0.29, 0.717) is 19.4 Å². The van der Waals surface area contributed by atoms with Crippen molar-refractivity contribution in [1.82, 2.24) is 15.4 Å². The number of carbonyl (C=O) groups is 2. The predicted molar refractivity (Wildman–Crippen MR) is 70.3 cm³/mol. The van der Waals surface area contributed by atoms with Crippen LogP contribution >= 0.6 is 0 Å². The van der Waals surface area contributed by atoms with Crippen LogP contribution in [0.3, 0.4) is 0 Å². The lowest BCUT2D eigenvalue weighted by molar-refractivity contribution is -0.141. The van der Waals surface area contributed by atoms with E-state index >= 15 is 0 Å². The number of hydrogen-bond acceptors (Lipinski definition) is 4. The molecular weight excluding hydrogens is 274 g/mol. The molecule has 0 saturated carbocycles. The summed E-state index contributed by atoms with van der Waals surface area (Å²) in [5.41, 5.74) is 0. The number of sulfonamides is 1. The average molecular weight is 295 g/mol. The van der Waals surface area contributed by atoms with Crippen molar-refractivity contribution < 1.29 is 23.1 Å². The van der Waals surface area contributed by atoms with Gasteiger partial charge in [-0.3, -0.25) is 4.79 Å². The highest BCUT2D eigenvalue weighted by molar-refractivity contribution is 7.88. The van der Waals surface area contributed by atoms with Gasteiger partial charge in [-0.2, -0.15) is 0 Å². The highest BCUT2D eigenvalue weighted by Crippen LogP contribution is 1.99. The van der Waals surface area contributed by atoms with E-state index in [1.165, 1.54) is 0 Å². The van der Waals surface area contributed by atoms with Crippen LogP contribution in [0.4, 0.5) is 4.79 Å². The molecule has 0 saturated heterocycles. The lowest BCUT2D eigenvalue weighted by atomic mass is 10.1. The summed E-state index contributed by atoms with van der Waals surface area (Å²) in [6, 6.07) is -0.392. The Morgan fingerprint density at radius 2 is 1.74 bits per heavy atom. The van der Waals surface area contributed by atoms with E-state index in [1.807, 2.05) is 0 Å². The van der Waals surface area contributed by atoms with Crippen LogP contribution in [0, 0.1) is 5.92 Å². The van der Waals surface area contributed by atoms with E-state index in [2.05, 4.69) is 15.4 Å². The molecule has 2 amide bonds. The Labute approximate surface area is 113 Å². The number of aliphatic carboxylic acids is 1. The van der Waals surface area contributed by atoms with Crippen molar-refractivity contribution in [2.24, 2.45) is 5.92 Å². The maximum atomic E-state index is 11.2.